The molecule has 0 aliphatic carbocycles. The van der Waals surface area contributed by atoms with Gasteiger partial charge >= 0.3 is 0 Å². The van der Waals surface area contributed by atoms with Crippen LogP contribution in [0.15, 0.2) is 48.5 Å². The first kappa shape index (κ1) is 15.6. The first-order valence-electron chi connectivity index (χ1n) is 7.57. The summed E-state index contributed by atoms with van der Waals surface area (Å²) in [6.07, 6.45) is 1.02. The van der Waals surface area contributed by atoms with Gasteiger partial charge in [0.2, 0.25) is 0 Å². The lowest BCUT2D eigenvalue weighted by molar-refractivity contribution is 0.424. The number of benzene rings is 2. The van der Waals surface area contributed by atoms with E-state index in [0.29, 0.717) is 0 Å². The van der Waals surface area contributed by atoms with Gasteiger partial charge in [-0.1, -0.05) is 31.2 Å². The van der Waals surface area contributed by atoms with Crippen LogP contribution >= 0.6 is 0 Å². The topological polar surface area (TPSA) is 21.3 Å². The van der Waals surface area contributed by atoms with Gasteiger partial charge in [-0.3, -0.25) is 0 Å². The highest BCUT2D eigenvalue weighted by Gasteiger charge is 2.08. The molecule has 0 heterocycles. The highest BCUT2D eigenvalue weighted by Crippen LogP contribution is 2.23. The van der Waals surface area contributed by atoms with Crippen LogP contribution in [0, 0.1) is 0 Å². The molecule has 0 amide bonds. The molecule has 0 aliphatic rings. The summed E-state index contributed by atoms with van der Waals surface area (Å²) in [5, 5.41) is 3.48. The summed E-state index contributed by atoms with van der Waals surface area (Å²) in [4.78, 5) is 0. The smallest absolute Gasteiger partial charge is 0.127 e. The molecule has 21 heavy (non-hydrogen) atoms. The van der Waals surface area contributed by atoms with Crippen molar-refractivity contribution in [3.05, 3.63) is 59.7 Å². The van der Waals surface area contributed by atoms with Crippen LogP contribution in [-0.4, -0.2) is 5.54 Å². The Kier molecular flexibility index (Phi) is 5.03. The van der Waals surface area contributed by atoms with Crippen LogP contribution in [0.3, 0.4) is 0 Å². The number of rotatable bonds is 5. The Hall–Kier alpha value is -1.80. The number of hydrogen-bond acceptors (Lipinski definition) is 2. The first-order chi connectivity index (χ1) is 9.96. The van der Waals surface area contributed by atoms with E-state index in [4.69, 9.17) is 4.74 Å². The van der Waals surface area contributed by atoms with Crippen LogP contribution in [0.4, 0.5) is 0 Å². The summed E-state index contributed by atoms with van der Waals surface area (Å²) < 4.78 is 5.90. The van der Waals surface area contributed by atoms with Crippen molar-refractivity contribution in [1.82, 2.24) is 5.32 Å². The molecular weight excluding hydrogens is 258 g/mol. The standard InChI is InChI=1S/C19H25NO/c1-5-15-7-6-8-18(13-15)21-17-11-9-16(10-12-17)14-20-19(2,3)4/h6-13,20H,5,14H2,1-4H3. The van der Waals surface area contributed by atoms with Crippen LogP contribution in [0.1, 0.15) is 38.8 Å². The van der Waals surface area contributed by atoms with Crippen molar-refractivity contribution in [3.8, 4) is 11.5 Å². The van der Waals surface area contributed by atoms with E-state index in [0.717, 1.165) is 24.5 Å². The van der Waals surface area contributed by atoms with Gasteiger partial charge in [0, 0.05) is 12.1 Å². The molecule has 0 atom stereocenters. The lowest BCUT2D eigenvalue weighted by Crippen LogP contribution is -2.34. The Labute approximate surface area is 128 Å². The summed E-state index contributed by atoms with van der Waals surface area (Å²) >= 11 is 0. The van der Waals surface area contributed by atoms with Crippen LogP contribution in [0.2, 0.25) is 0 Å². The van der Waals surface area contributed by atoms with E-state index < -0.39 is 0 Å². The average molecular weight is 283 g/mol. The average Bonchev–Trinajstić information content (AvgIpc) is 2.46. The molecule has 112 valence electrons. The molecule has 1 N–H and O–H groups in total. The maximum atomic E-state index is 5.90. The van der Waals surface area contributed by atoms with Gasteiger partial charge in [0.05, 0.1) is 0 Å². The molecule has 0 unspecified atom stereocenters. The Morgan fingerprint density at radius 1 is 0.905 bits per heavy atom. The van der Waals surface area contributed by atoms with Crippen molar-refractivity contribution < 1.29 is 4.74 Å². The van der Waals surface area contributed by atoms with E-state index in [1.807, 2.05) is 24.3 Å². The second-order valence-electron chi connectivity index (χ2n) is 6.35. The summed E-state index contributed by atoms with van der Waals surface area (Å²) in [5.41, 5.74) is 2.69. The third kappa shape index (κ3) is 5.24. The Bertz CT molecular complexity index is 567. The van der Waals surface area contributed by atoms with E-state index in [2.05, 4.69) is 57.3 Å². The summed E-state index contributed by atoms with van der Waals surface area (Å²) in [6, 6.07) is 16.5. The third-order valence-corrected chi connectivity index (χ3v) is 3.29. The first-order valence-corrected chi connectivity index (χ1v) is 7.57. The largest absolute Gasteiger partial charge is 0.457 e. The van der Waals surface area contributed by atoms with Crippen molar-refractivity contribution in [2.75, 3.05) is 0 Å². The monoisotopic (exact) mass is 283 g/mol. The Morgan fingerprint density at radius 3 is 2.24 bits per heavy atom. The molecule has 0 radical (unpaired) electrons. The molecule has 0 aromatic heterocycles. The van der Waals surface area contributed by atoms with Crippen LogP contribution in [-0.2, 0) is 13.0 Å². The normalized spacial score (nSPS) is 11.4. The SMILES string of the molecule is CCc1cccc(Oc2ccc(CNC(C)(C)C)cc2)c1. The van der Waals surface area contributed by atoms with Crippen molar-refractivity contribution in [2.45, 2.75) is 46.2 Å². The molecule has 2 nitrogen and oxygen atoms in total. The van der Waals surface area contributed by atoms with Gasteiger partial charge in [-0.05, 0) is 62.6 Å². The fourth-order valence-electron chi connectivity index (χ4n) is 2.01. The molecule has 2 aromatic rings. The number of hydrogen-bond donors (Lipinski definition) is 1. The van der Waals surface area contributed by atoms with E-state index >= 15 is 0 Å². The third-order valence-electron chi connectivity index (χ3n) is 3.29. The number of nitrogens with one attached hydrogen (secondary N) is 1. The van der Waals surface area contributed by atoms with Gasteiger partial charge in [-0.15, -0.1) is 0 Å². The zero-order chi connectivity index (χ0) is 15.3. The highest BCUT2D eigenvalue weighted by atomic mass is 16.5. The molecule has 0 saturated heterocycles. The van der Waals surface area contributed by atoms with Crippen molar-refractivity contribution >= 4 is 0 Å². The quantitative estimate of drug-likeness (QED) is 0.840. The number of aryl methyl sites for hydroxylation is 1. The molecule has 2 rings (SSSR count). The van der Waals surface area contributed by atoms with Gasteiger partial charge in [-0.25, -0.2) is 0 Å². The predicted octanol–water partition coefficient (Wildman–Crippen LogP) is 4.93. The fraction of sp³-hybridized carbons (Fsp3) is 0.368. The summed E-state index contributed by atoms with van der Waals surface area (Å²) in [7, 11) is 0. The van der Waals surface area contributed by atoms with Crippen molar-refractivity contribution in [2.24, 2.45) is 0 Å². The number of ether oxygens (including phenoxy) is 1. The second-order valence-corrected chi connectivity index (χ2v) is 6.35. The molecule has 0 aliphatic heterocycles. The van der Waals surface area contributed by atoms with E-state index in [1.54, 1.807) is 0 Å². The lowest BCUT2D eigenvalue weighted by atomic mass is 10.1. The maximum Gasteiger partial charge on any atom is 0.127 e. The van der Waals surface area contributed by atoms with Gasteiger partial charge in [-0.2, -0.15) is 0 Å². The zero-order valence-electron chi connectivity index (χ0n) is 13.4. The van der Waals surface area contributed by atoms with Gasteiger partial charge in [0.15, 0.2) is 0 Å². The van der Waals surface area contributed by atoms with E-state index in [9.17, 15) is 0 Å². The van der Waals surface area contributed by atoms with Gasteiger partial charge < -0.3 is 10.1 Å². The highest BCUT2D eigenvalue weighted by molar-refractivity contribution is 5.35. The van der Waals surface area contributed by atoms with E-state index in [-0.39, 0.29) is 5.54 Å². The molecule has 0 bridgehead atoms. The minimum absolute atomic E-state index is 0.135. The summed E-state index contributed by atoms with van der Waals surface area (Å²) in [6.45, 7) is 9.53. The molecule has 0 saturated carbocycles. The van der Waals surface area contributed by atoms with Crippen LogP contribution < -0.4 is 10.1 Å². The second kappa shape index (κ2) is 6.77. The minimum Gasteiger partial charge on any atom is -0.457 e. The molecule has 0 fully saturated rings. The van der Waals surface area contributed by atoms with Crippen molar-refractivity contribution in [3.63, 3.8) is 0 Å². The minimum atomic E-state index is 0.135. The molecule has 2 heteroatoms. The maximum absolute atomic E-state index is 5.90. The molecule has 0 spiro atoms. The fourth-order valence-corrected chi connectivity index (χ4v) is 2.01. The Morgan fingerprint density at radius 2 is 1.62 bits per heavy atom. The zero-order valence-corrected chi connectivity index (χ0v) is 13.4. The van der Waals surface area contributed by atoms with Crippen molar-refractivity contribution in [1.29, 1.82) is 0 Å². The predicted molar refractivity (Wildman–Crippen MR) is 88.9 cm³/mol. The van der Waals surface area contributed by atoms with Crippen LogP contribution in [0.5, 0.6) is 11.5 Å². The van der Waals surface area contributed by atoms with Gasteiger partial charge in [0.1, 0.15) is 11.5 Å². The Balaban J connectivity index is 1.98. The van der Waals surface area contributed by atoms with Crippen LogP contribution in [0.25, 0.3) is 0 Å². The van der Waals surface area contributed by atoms with E-state index in [1.165, 1.54) is 11.1 Å². The lowest BCUT2D eigenvalue weighted by Gasteiger charge is -2.20. The molecule has 2 aromatic carbocycles. The van der Waals surface area contributed by atoms with Gasteiger partial charge in [0.25, 0.3) is 0 Å². The summed E-state index contributed by atoms with van der Waals surface area (Å²) in [5.74, 6) is 1.78. The molecular formula is C19H25NO.